The fourth-order valence-corrected chi connectivity index (χ4v) is 1.49. The van der Waals surface area contributed by atoms with Crippen molar-refractivity contribution < 1.29 is 9.18 Å². The van der Waals surface area contributed by atoms with E-state index in [1.807, 2.05) is 20.8 Å². The summed E-state index contributed by atoms with van der Waals surface area (Å²) in [6, 6.07) is 0. The van der Waals surface area contributed by atoms with Gasteiger partial charge in [-0.1, -0.05) is 0 Å². The van der Waals surface area contributed by atoms with Crippen LogP contribution in [-0.2, 0) is 4.79 Å². The Morgan fingerprint density at radius 3 is 2.21 bits per heavy atom. The third-order valence-electron chi connectivity index (χ3n) is 2.27. The Bertz CT molecular complexity index is 293. The number of rotatable bonds is 1. The average Bonchev–Trinajstić information content (AvgIpc) is 2.28. The van der Waals surface area contributed by atoms with Crippen molar-refractivity contribution in [2.75, 3.05) is 13.6 Å². The third-order valence-corrected chi connectivity index (χ3v) is 2.27. The van der Waals surface area contributed by atoms with Gasteiger partial charge in [-0.2, -0.15) is 4.39 Å². The van der Waals surface area contributed by atoms with Crippen molar-refractivity contribution in [2.45, 2.75) is 26.3 Å². The largest absolute Gasteiger partial charge is 0.366 e. The lowest BCUT2D eigenvalue weighted by molar-refractivity contribution is -0.114. The van der Waals surface area contributed by atoms with E-state index in [1.165, 1.54) is 5.01 Å². The van der Waals surface area contributed by atoms with Crippen LogP contribution in [0.25, 0.3) is 0 Å². The van der Waals surface area contributed by atoms with Gasteiger partial charge < -0.3 is 5.73 Å². The number of amides is 1. The number of hydrogen-bond acceptors (Lipinski definition) is 3. The molecule has 0 aromatic rings. The first-order valence-corrected chi connectivity index (χ1v) is 4.45. The molecule has 1 heterocycles. The number of hydrogen-bond donors (Lipinski definition) is 1. The van der Waals surface area contributed by atoms with Gasteiger partial charge in [-0.05, 0) is 20.8 Å². The van der Waals surface area contributed by atoms with Gasteiger partial charge in [0.2, 0.25) is 5.95 Å². The zero-order valence-electron chi connectivity index (χ0n) is 8.97. The maximum atomic E-state index is 13.5. The smallest absolute Gasteiger partial charge is 0.250 e. The van der Waals surface area contributed by atoms with Crippen LogP contribution >= 0.6 is 0 Å². The van der Waals surface area contributed by atoms with Crippen LogP contribution < -0.4 is 5.73 Å². The first kappa shape index (κ1) is 11.0. The molecular weight excluding hydrogens is 185 g/mol. The fourth-order valence-electron chi connectivity index (χ4n) is 1.49. The molecule has 0 atom stereocenters. The second kappa shape index (κ2) is 3.24. The SMILES string of the molecule is CN1C(F)=C(C(N)=O)CN1C(C)(C)C. The van der Waals surface area contributed by atoms with E-state index in [9.17, 15) is 9.18 Å². The average molecular weight is 201 g/mol. The maximum absolute atomic E-state index is 13.5. The highest BCUT2D eigenvalue weighted by atomic mass is 19.1. The summed E-state index contributed by atoms with van der Waals surface area (Å²) in [4.78, 5) is 10.9. The number of primary amides is 1. The molecule has 0 fully saturated rings. The van der Waals surface area contributed by atoms with E-state index >= 15 is 0 Å². The van der Waals surface area contributed by atoms with E-state index < -0.39 is 11.9 Å². The third kappa shape index (κ3) is 1.72. The molecule has 1 aliphatic rings. The van der Waals surface area contributed by atoms with Crippen molar-refractivity contribution in [3.8, 4) is 0 Å². The number of carbonyl (C=O) groups excluding carboxylic acids is 1. The van der Waals surface area contributed by atoms with Crippen molar-refractivity contribution in [1.82, 2.24) is 10.0 Å². The predicted molar refractivity (Wildman–Crippen MR) is 51.6 cm³/mol. The molecule has 0 unspecified atom stereocenters. The Morgan fingerprint density at radius 1 is 1.50 bits per heavy atom. The molecule has 0 spiro atoms. The summed E-state index contributed by atoms with van der Waals surface area (Å²) in [5.74, 6) is -1.24. The van der Waals surface area contributed by atoms with Crippen LogP contribution in [0.5, 0.6) is 0 Å². The lowest BCUT2D eigenvalue weighted by Gasteiger charge is -2.37. The van der Waals surface area contributed by atoms with Crippen LogP contribution in [0.1, 0.15) is 20.8 Å². The Balaban J connectivity index is 2.93. The van der Waals surface area contributed by atoms with Gasteiger partial charge >= 0.3 is 0 Å². The zero-order chi connectivity index (χ0) is 11.1. The van der Waals surface area contributed by atoms with E-state index in [-0.39, 0.29) is 17.7 Å². The molecule has 5 heteroatoms. The molecule has 0 saturated carbocycles. The summed E-state index contributed by atoms with van der Waals surface area (Å²) >= 11 is 0. The fraction of sp³-hybridized carbons (Fsp3) is 0.667. The second-order valence-electron chi connectivity index (χ2n) is 4.39. The van der Waals surface area contributed by atoms with Gasteiger partial charge in [0.05, 0.1) is 12.1 Å². The number of halogens is 1. The second-order valence-corrected chi connectivity index (χ2v) is 4.39. The highest BCUT2D eigenvalue weighted by Crippen LogP contribution is 2.28. The van der Waals surface area contributed by atoms with Crippen LogP contribution in [0.4, 0.5) is 4.39 Å². The normalized spacial score (nSPS) is 19.4. The van der Waals surface area contributed by atoms with Gasteiger partial charge in [-0.25, -0.2) is 5.01 Å². The molecule has 0 aromatic carbocycles. The number of nitrogens with two attached hydrogens (primary N) is 1. The van der Waals surface area contributed by atoms with E-state index in [2.05, 4.69) is 0 Å². The molecule has 0 saturated heterocycles. The highest BCUT2D eigenvalue weighted by Gasteiger charge is 2.36. The summed E-state index contributed by atoms with van der Waals surface area (Å²) in [5, 5.41) is 3.09. The van der Waals surface area contributed by atoms with Gasteiger partial charge in [0.1, 0.15) is 0 Å². The van der Waals surface area contributed by atoms with Crippen LogP contribution in [0.15, 0.2) is 11.5 Å². The molecule has 1 aliphatic heterocycles. The molecule has 2 N–H and O–H groups in total. The summed E-state index contributed by atoms with van der Waals surface area (Å²) in [6.07, 6.45) is 0. The minimum atomic E-state index is -0.693. The Hall–Kier alpha value is -1.10. The molecule has 14 heavy (non-hydrogen) atoms. The number of nitrogens with zero attached hydrogens (tertiary/aromatic N) is 2. The molecule has 0 bridgehead atoms. The topological polar surface area (TPSA) is 49.6 Å². The van der Waals surface area contributed by atoms with Gasteiger partial charge in [0.25, 0.3) is 5.91 Å². The van der Waals surface area contributed by atoms with Crippen molar-refractivity contribution in [3.05, 3.63) is 11.5 Å². The number of carbonyl (C=O) groups is 1. The first-order chi connectivity index (χ1) is 6.25. The molecule has 0 radical (unpaired) electrons. The first-order valence-electron chi connectivity index (χ1n) is 4.45. The Morgan fingerprint density at radius 2 is 2.00 bits per heavy atom. The summed E-state index contributed by atoms with van der Waals surface area (Å²) in [5.41, 5.74) is 4.88. The predicted octanol–water partition coefficient (Wildman–Crippen LogP) is 0.614. The van der Waals surface area contributed by atoms with Crippen LogP contribution in [0.3, 0.4) is 0 Å². The van der Waals surface area contributed by atoms with E-state index in [4.69, 9.17) is 5.73 Å². The minimum absolute atomic E-state index is 0.0439. The lowest BCUT2D eigenvalue weighted by Crippen LogP contribution is -2.47. The van der Waals surface area contributed by atoms with Crippen molar-refractivity contribution in [2.24, 2.45) is 5.73 Å². The van der Waals surface area contributed by atoms with Crippen LogP contribution in [-0.4, -0.2) is 35.1 Å². The molecule has 4 nitrogen and oxygen atoms in total. The number of hydrazine groups is 1. The molecule has 1 amide bonds. The minimum Gasteiger partial charge on any atom is -0.366 e. The van der Waals surface area contributed by atoms with Gasteiger partial charge in [-0.3, -0.25) is 9.80 Å². The zero-order valence-corrected chi connectivity index (χ0v) is 8.97. The van der Waals surface area contributed by atoms with E-state index in [0.717, 1.165) is 0 Å². The van der Waals surface area contributed by atoms with Gasteiger partial charge in [0.15, 0.2) is 0 Å². The lowest BCUT2D eigenvalue weighted by atomic mass is 10.1. The van der Waals surface area contributed by atoms with Gasteiger partial charge in [0, 0.05) is 12.6 Å². The maximum Gasteiger partial charge on any atom is 0.250 e. The van der Waals surface area contributed by atoms with Crippen LogP contribution in [0, 0.1) is 0 Å². The molecule has 0 aliphatic carbocycles. The van der Waals surface area contributed by atoms with Crippen molar-refractivity contribution in [1.29, 1.82) is 0 Å². The quantitative estimate of drug-likeness (QED) is 0.632. The summed E-state index contributed by atoms with van der Waals surface area (Å²) < 4.78 is 13.5. The van der Waals surface area contributed by atoms with E-state index in [0.29, 0.717) is 0 Å². The van der Waals surface area contributed by atoms with E-state index in [1.54, 1.807) is 12.1 Å². The molecular formula is C9H16FN3O. The molecule has 1 rings (SSSR count). The standard InChI is InChI=1S/C9H16FN3O/c1-9(2,3)13-5-6(8(11)14)7(10)12(13)4/h5H2,1-4H3,(H2,11,14). The summed E-state index contributed by atoms with van der Waals surface area (Å²) in [6.45, 7) is 6.07. The van der Waals surface area contributed by atoms with Gasteiger partial charge in [-0.15, -0.1) is 0 Å². The monoisotopic (exact) mass is 201 g/mol. The van der Waals surface area contributed by atoms with Crippen LogP contribution in [0.2, 0.25) is 0 Å². The Kier molecular flexibility index (Phi) is 2.54. The van der Waals surface area contributed by atoms with Crippen molar-refractivity contribution in [3.63, 3.8) is 0 Å². The Labute approximate surface area is 83.1 Å². The highest BCUT2D eigenvalue weighted by molar-refractivity contribution is 5.93. The van der Waals surface area contributed by atoms with Crippen molar-refractivity contribution >= 4 is 5.91 Å². The summed E-state index contributed by atoms with van der Waals surface area (Å²) in [7, 11) is 1.58. The molecule has 0 aromatic heterocycles. The molecule has 80 valence electrons.